The second kappa shape index (κ2) is 5.81. The molecule has 100 valence electrons. The van der Waals surface area contributed by atoms with Crippen molar-refractivity contribution in [3.05, 3.63) is 24.2 Å². The minimum Gasteiger partial charge on any atom is -0.459 e. The molecular weight excluding hydrogens is 263 g/mol. The zero-order chi connectivity index (χ0) is 13.8. The maximum atomic E-state index is 11.4. The second-order valence-electron chi connectivity index (χ2n) is 3.65. The highest BCUT2D eigenvalue weighted by Gasteiger charge is 2.19. The van der Waals surface area contributed by atoms with Gasteiger partial charge >= 0.3 is 5.91 Å². The highest BCUT2D eigenvalue weighted by atomic mass is 31.2. The number of furan rings is 1. The van der Waals surface area contributed by atoms with Crippen molar-refractivity contribution in [2.75, 3.05) is 19.5 Å². The van der Waals surface area contributed by atoms with Gasteiger partial charge in [0.1, 0.15) is 12.8 Å². The lowest BCUT2D eigenvalue weighted by atomic mass is 10.4. The molecule has 0 spiro atoms. The van der Waals surface area contributed by atoms with Gasteiger partial charge in [-0.1, -0.05) is 0 Å². The third kappa shape index (κ3) is 4.70. The Balaban J connectivity index is 2.42. The highest BCUT2D eigenvalue weighted by molar-refractivity contribution is 7.58. The maximum Gasteiger partial charge on any atom is 0.314 e. The van der Waals surface area contributed by atoms with Crippen molar-refractivity contribution in [1.82, 2.24) is 10.4 Å². The Morgan fingerprint density at radius 1 is 1.56 bits per heavy atom. The molecule has 0 aromatic carbocycles. The predicted molar refractivity (Wildman–Crippen MR) is 60.3 cm³/mol. The normalized spacial score (nSPS) is 13.7. The van der Waals surface area contributed by atoms with Crippen LogP contribution in [0.2, 0.25) is 0 Å². The van der Waals surface area contributed by atoms with Crippen molar-refractivity contribution in [2.24, 2.45) is 0 Å². The lowest BCUT2D eigenvalue weighted by Gasteiger charge is -2.14. The van der Waals surface area contributed by atoms with E-state index in [1.807, 2.05) is 0 Å². The fourth-order valence-electron chi connectivity index (χ4n) is 1.08. The first kappa shape index (κ1) is 14.4. The van der Waals surface area contributed by atoms with E-state index in [-0.39, 0.29) is 10.8 Å². The van der Waals surface area contributed by atoms with E-state index in [2.05, 4.69) is 5.32 Å². The predicted octanol–water partition coefficient (Wildman–Crippen LogP) is 0.0849. The van der Waals surface area contributed by atoms with Crippen molar-refractivity contribution in [2.45, 2.75) is 0 Å². The Bertz CT molecular complexity index is 465. The van der Waals surface area contributed by atoms with Gasteiger partial charge < -0.3 is 14.6 Å². The minimum atomic E-state index is -3.47. The van der Waals surface area contributed by atoms with Gasteiger partial charge in [-0.2, -0.15) is 5.06 Å². The molecule has 1 aromatic rings. The Morgan fingerprint density at radius 2 is 2.22 bits per heavy atom. The van der Waals surface area contributed by atoms with Crippen molar-refractivity contribution >= 4 is 19.2 Å². The van der Waals surface area contributed by atoms with Crippen LogP contribution in [0.25, 0.3) is 0 Å². The molecule has 1 aromatic heterocycles. The summed E-state index contributed by atoms with van der Waals surface area (Å²) >= 11 is 0. The van der Waals surface area contributed by atoms with Gasteiger partial charge in [0.15, 0.2) is 5.76 Å². The Kier molecular flexibility index (Phi) is 4.66. The monoisotopic (exact) mass is 276 g/mol. The standard InChI is InChI=1S/C9H13N2O6P/c1-18(15,16)5-8(12)10-6-11(14)9(13)7-3-2-4-17-7/h2-4,14H,5-6H2,1H3,(H,10,12)(H,15,16). The van der Waals surface area contributed by atoms with Crippen LogP contribution >= 0.6 is 7.37 Å². The summed E-state index contributed by atoms with van der Waals surface area (Å²) in [6.07, 6.45) is 0.689. The van der Waals surface area contributed by atoms with Gasteiger partial charge in [-0.15, -0.1) is 0 Å². The zero-order valence-corrected chi connectivity index (χ0v) is 10.5. The number of hydroxylamine groups is 2. The molecular formula is C9H13N2O6P. The van der Waals surface area contributed by atoms with Gasteiger partial charge in [-0.05, 0) is 12.1 Å². The lowest BCUT2D eigenvalue weighted by Crippen LogP contribution is -2.40. The van der Waals surface area contributed by atoms with Gasteiger partial charge in [0.05, 0.1) is 6.26 Å². The molecule has 8 nitrogen and oxygen atoms in total. The first-order chi connectivity index (χ1) is 8.29. The van der Waals surface area contributed by atoms with Gasteiger partial charge in [0, 0.05) is 6.66 Å². The van der Waals surface area contributed by atoms with Gasteiger partial charge in [-0.25, -0.2) is 0 Å². The molecule has 1 heterocycles. The molecule has 18 heavy (non-hydrogen) atoms. The molecule has 0 aliphatic heterocycles. The Morgan fingerprint density at radius 3 is 2.72 bits per heavy atom. The van der Waals surface area contributed by atoms with Crippen molar-refractivity contribution in [3.8, 4) is 0 Å². The molecule has 0 bridgehead atoms. The largest absolute Gasteiger partial charge is 0.459 e. The van der Waals surface area contributed by atoms with Gasteiger partial charge in [0.2, 0.25) is 13.3 Å². The van der Waals surface area contributed by atoms with Crippen LogP contribution in [0.5, 0.6) is 0 Å². The van der Waals surface area contributed by atoms with Crippen molar-refractivity contribution in [1.29, 1.82) is 0 Å². The molecule has 0 aliphatic carbocycles. The third-order valence-corrected chi connectivity index (χ3v) is 2.70. The number of nitrogens with zero attached hydrogens (tertiary/aromatic N) is 1. The summed E-state index contributed by atoms with van der Waals surface area (Å²) in [7, 11) is -3.47. The average molecular weight is 276 g/mol. The molecule has 9 heteroatoms. The molecule has 3 N–H and O–H groups in total. The fourth-order valence-corrected chi connectivity index (χ4v) is 1.73. The molecule has 0 saturated heterocycles. The van der Waals surface area contributed by atoms with E-state index in [0.717, 1.165) is 6.66 Å². The summed E-state index contributed by atoms with van der Waals surface area (Å²) in [5, 5.41) is 11.7. The summed E-state index contributed by atoms with van der Waals surface area (Å²) < 4.78 is 15.7. The van der Waals surface area contributed by atoms with E-state index < -0.39 is 32.0 Å². The molecule has 0 saturated carbocycles. The van der Waals surface area contributed by atoms with Gasteiger partial charge in [0.25, 0.3) is 0 Å². The third-order valence-electron chi connectivity index (χ3n) is 1.83. The van der Waals surface area contributed by atoms with Crippen LogP contribution in [0.4, 0.5) is 0 Å². The second-order valence-corrected chi connectivity index (χ2v) is 6.07. The van der Waals surface area contributed by atoms with E-state index >= 15 is 0 Å². The van der Waals surface area contributed by atoms with Crippen LogP contribution in [-0.4, -0.2) is 46.5 Å². The van der Waals surface area contributed by atoms with Crippen molar-refractivity contribution in [3.63, 3.8) is 0 Å². The van der Waals surface area contributed by atoms with E-state index in [0.29, 0.717) is 0 Å². The first-order valence-corrected chi connectivity index (χ1v) is 7.19. The van der Waals surface area contributed by atoms with Crippen LogP contribution in [0.15, 0.2) is 22.8 Å². The Labute approximate surface area is 103 Å². The molecule has 2 amide bonds. The number of hydrogen-bond acceptors (Lipinski definition) is 5. The summed E-state index contributed by atoms with van der Waals surface area (Å²) in [6.45, 7) is 0.537. The summed E-state index contributed by atoms with van der Waals surface area (Å²) in [5.41, 5.74) is 0. The Hall–Kier alpha value is -1.63. The van der Waals surface area contributed by atoms with Crippen LogP contribution in [0.1, 0.15) is 10.6 Å². The average Bonchev–Trinajstić information content (AvgIpc) is 2.75. The number of amides is 2. The molecule has 0 fully saturated rings. The number of hydrogen-bond donors (Lipinski definition) is 3. The van der Waals surface area contributed by atoms with Crippen LogP contribution in [-0.2, 0) is 9.36 Å². The summed E-state index contributed by atoms with van der Waals surface area (Å²) in [4.78, 5) is 31.5. The van der Waals surface area contributed by atoms with E-state index in [1.54, 1.807) is 0 Å². The number of rotatable bonds is 5. The molecule has 1 atom stereocenters. The van der Waals surface area contributed by atoms with E-state index in [9.17, 15) is 19.4 Å². The smallest absolute Gasteiger partial charge is 0.314 e. The molecule has 0 aliphatic rings. The number of carbonyl (C=O) groups excluding carboxylic acids is 2. The van der Waals surface area contributed by atoms with Crippen LogP contribution < -0.4 is 5.32 Å². The van der Waals surface area contributed by atoms with Crippen molar-refractivity contribution < 1.29 is 28.7 Å². The summed E-state index contributed by atoms with van der Waals surface area (Å²) in [5.74, 6) is -1.66. The quantitative estimate of drug-likeness (QED) is 0.303. The molecule has 1 rings (SSSR count). The van der Waals surface area contributed by atoms with E-state index in [1.165, 1.54) is 18.4 Å². The number of nitrogens with one attached hydrogen (secondary N) is 1. The number of carbonyl (C=O) groups is 2. The van der Waals surface area contributed by atoms with Crippen LogP contribution in [0, 0.1) is 0 Å². The summed E-state index contributed by atoms with van der Waals surface area (Å²) in [6, 6.07) is 2.82. The first-order valence-electron chi connectivity index (χ1n) is 4.90. The fraction of sp³-hybridized carbons (Fsp3) is 0.333. The highest BCUT2D eigenvalue weighted by Crippen LogP contribution is 2.33. The van der Waals surface area contributed by atoms with Gasteiger partial charge in [-0.3, -0.25) is 19.4 Å². The maximum absolute atomic E-state index is 11.4. The zero-order valence-electron chi connectivity index (χ0n) is 9.57. The minimum absolute atomic E-state index is 0.0879. The lowest BCUT2D eigenvalue weighted by molar-refractivity contribution is -0.122. The topological polar surface area (TPSA) is 120 Å². The molecule has 1 unspecified atom stereocenters. The molecule has 0 radical (unpaired) electrons. The van der Waals surface area contributed by atoms with E-state index in [4.69, 9.17) is 9.31 Å². The van der Waals surface area contributed by atoms with Crippen LogP contribution in [0.3, 0.4) is 0 Å². The SMILES string of the molecule is CP(=O)(O)CC(=O)NCN(O)C(=O)c1ccco1.